The number of amides is 4. The van der Waals surface area contributed by atoms with Crippen LogP contribution in [-0.2, 0) is 19.1 Å². The van der Waals surface area contributed by atoms with Gasteiger partial charge in [0.25, 0.3) is 5.91 Å². The minimum absolute atomic E-state index is 0.0229. The van der Waals surface area contributed by atoms with Gasteiger partial charge < -0.3 is 26.0 Å². The van der Waals surface area contributed by atoms with E-state index in [1.165, 1.54) is 0 Å². The molecule has 0 saturated heterocycles. The summed E-state index contributed by atoms with van der Waals surface area (Å²) in [5.74, 6) is -1.28. The lowest BCUT2D eigenvalue weighted by atomic mass is 9.99. The fourth-order valence-electron chi connectivity index (χ4n) is 4.54. The lowest BCUT2D eigenvalue weighted by Crippen LogP contribution is -2.53. The SMILES string of the molecule is Cc1cccc(C(C(=O)Nc2ccccc2C)N(C(=O)C(CCC(N)=O)NC(=O)OC(C)(C)C)C2CC2C)c1. The highest BCUT2D eigenvalue weighted by Gasteiger charge is 2.48. The lowest BCUT2D eigenvalue weighted by Gasteiger charge is -2.35. The molecule has 0 aliphatic heterocycles. The minimum Gasteiger partial charge on any atom is -0.444 e. The number of anilines is 1. The van der Waals surface area contributed by atoms with E-state index in [-0.39, 0.29) is 30.7 Å². The number of hydrogen-bond donors (Lipinski definition) is 3. The number of nitrogens with two attached hydrogens (primary N) is 1. The van der Waals surface area contributed by atoms with E-state index in [2.05, 4.69) is 10.6 Å². The second-order valence-electron chi connectivity index (χ2n) is 11.4. The first-order valence-corrected chi connectivity index (χ1v) is 13.3. The number of alkyl carbamates (subject to hydrolysis) is 1. The van der Waals surface area contributed by atoms with E-state index in [9.17, 15) is 19.2 Å². The lowest BCUT2D eigenvalue weighted by molar-refractivity contribution is -0.142. The van der Waals surface area contributed by atoms with Crippen LogP contribution in [0.2, 0.25) is 0 Å². The van der Waals surface area contributed by atoms with Crippen molar-refractivity contribution in [1.29, 1.82) is 0 Å². The van der Waals surface area contributed by atoms with Crippen molar-refractivity contribution in [1.82, 2.24) is 10.2 Å². The molecule has 4 unspecified atom stereocenters. The van der Waals surface area contributed by atoms with Crippen molar-refractivity contribution in [2.24, 2.45) is 11.7 Å². The van der Waals surface area contributed by atoms with Crippen LogP contribution in [0.3, 0.4) is 0 Å². The Morgan fingerprint density at radius 3 is 2.31 bits per heavy atom. The first kappa shape index (κ1) is 29.7. The molecule has 9 heteroatoms. The number of ether oxygens (including phenoxy) is 1. The monoisotopic (exact) mass is 536 g/mol. The number of nitrogens with one attached hydrogen (secondary N) is 2. The van der Waals surface area contributed by atoms with Gasteiger partial charge in [-0.25, -0.2) is 4.79 Å². The number of carbonyl (C=O) groups is 4. The van der Waals surface area contributed by atoms with Gasteiger partial charge in [0.15, 0.2) is 0 Å². The van der Waals surface area contributed by atoms with E-state index < -0.39 is 35.6 Å². The second kappa shape index (κ2) is 12.3. The first-order valence-electron chi connectivity index (χ1n) is 13.3. The smallest absolute Gasteiger partial charge is 0.408 e. The molecule has 3 rings (SSSR count). The minimum atomic E-state index is -1.11. The van der Waals surface area contributed by atoms with Gasteiger partial charge >= 0.3 is 6.09 Å². The molecule has 4 amide bonds. The molecule has 1 fully saturated rings. The number of primary amides is 1. The largest absolute Gasteiger partial charge is 0.444 e. The molecule has 2 aromatic rings. The van der Waals surface area contributed by atoms with Gasteiger partial charge in [0.2, 0.25) is 11.8 Å². The summed E-state index contributed by atoms with van der Waals surface area (Å²) in [4.78, 5) is 54.1. The maximum atomic E-state index is 14.2. The molecule has 0 aromatic heterocycles. The molecular weight excluding hydrogens is 496 g/mol. The average Bonchev–Trinajstić information content (AvgIpc) is 3.55. The third-order valence-corrected chi connectivity index (χ3v) is 6.63. The topological polar surface area (TPSA) is 131 Å². The van der Waals surface area contributed by atoms with E-state index >= 15 is 0 Å². The van der Waals surface area contributed by atoms with Crippen molar-refractivity contribution in [3.63, 3.8) is 0 Å². The van der Waals surface area contributed by atoms with Crippen molar-refractivity contribution < 1.29 is 23.9 Å². The Morgan fingerprint density at radius 1 is 1.08 bits per heavy atom. The van der Waals surface area contributed by atoms with Crippen molar-refractivity contribution in [3.8, 4) is 0 Å². The van der Waals surface area contributed by atoms with Crippen molar-refractivity contribution in [2.75, 3.05) is 5.32 Å². The summed E-state index contributed by atoms with van der Waals surface area (Å²) in [6, 6.07) is 12.6. The van der Waals surface area contributed by atoms with Gasteiger partial charge in [0.05, 0.1) is 0 Å². The summed E-state index contributed by atoms with van der Waals surface area (Å²) in [5.41, 5.74) is 7.72. The third-order valence-electron chi connectivity index (χ3n) is 6.63. The summed E-state index contributed by atoms with van der Waals surface area (Å²) in [5, 5.41) is 5.63. The Morgan fingerprint density at radius 2 is 1.74 bits per heavy atom. The Labute approximate surface area is 230 Å². The Kier molecular flexibility index (Phi) is 9.37. The van der Waals surface area contributed by atoms with Crippen molar-refractivity contribution in [2.45, 2.75) is 84.5 Å². The molecule has 4 N–H and O–H groups in total. The highest BCUT2D eigenvalue weighted by molar-refractivity contribution is 5.99. The number of nitrogens with zero attached hydrogens (tertiary/aromatic N) is 1. The van der Waals surface area contributed by atoms with Crippen molar-refractivity contribution in [3.05, 3.63) is 65.2 Å². The molecule has 4 atom stereocenters. The molecule has 39 heavy (non-hydrogen) atoms. The molecule has 210 valence electrons. The summed E-state index contributed by atoms with van der Waals surface area (Å²) in [7, 11) is 0. The summed E-state index contributed by atoms with van der Waals surface area (Å²) in [6.45, 7) is 11.0. The number of carbonyl (C=O) groups excluding carboxylic acids is 4. The zero-order valence-corrected chi connectivity index (χ0v) is 23.6. The molecule has 0 bridgehead atoms. The van der Waals surface area contributed by atoms with Gasteiger partial charge in [-0.15, -0.1) is 0 Å². The summed E-state index contributed by atoms with van der Waals surface area (Å²) in [6.07, 6.45) is -0.221. The average molecular weight is 537 g/mol. The number of aryl methyl sites for hydroxylation is 2. The van der Waals surface area contributed by atoms with Gasteiger partial charge in [0, 0.05) is 18.2 Å². The van der Waals surface area contributed by atoms with Crippen LogP contribution in [0.5, 0.6) is 0 Å². The van der Waals surface area contributed by atoms with Crippen LogP contribution >= 0.6 is 0 Å². The van der Waals surface area contributed by atoms with Gasteiger partial charge in [0.1, 0.15) is 17.7 Å². The maximum absolute atomic E-state index is 14.2. The van der Waals surface area contributed by atoms with Gasteiger partial charge in [-0.2, -0.15) is 0 Å². The summed E-state index contributed by atoms with van der Waals surface area (Å²) >= 11 is 0. The predicted molar refractivity (Wildman–Crippen MR) is 150 cm³/mol. The molecular formula is C30H40N4O5. The summed E-state index contributed by atoms with van der Waals surface area (Å²) < 4.78 is 5.39. The number of rotatable bonds is 10. The van der Waals surface area contributed by atoms with Crippen LogP contribution in [0.4, 0.5) is 10.5 Å². The first-order chi connectivity index (χ1) is 18.3. The fraction of sp³-hybridized carbons (Fsp3) is 0.467. The molecule has 2 aromatic carbocycles. The van der Waals surface area contributed by atoms with Crippen LogP contribution < -0.4 is 16.4 Å². The van der Waals surface area contributed by atoms with E-state index in [1.54, 1.807) is 25.7 Å². The molecule has 9 nitrogen and oxygen atoms in total. The number of hydrogen-bond acceptors (Lipinski definition) is 5. The van der Waals surface area contributed by atoms with Gasteiger partial charge in [-0.3, -0.25) is 14.4 Å². The molecule has 0 radical (unpaired) electrons. The number of benzene rings is 2. The predicted octanol–water partition coefficient (Wildman–Crippen LogP) is 4.38. The van der Waals surface area contributed by atoms with Crippen molar-refractivity contribution >= 4 is 29.5 Å². The van der Waals surface area contributed by atoms with E-state index in [4.69, 9.17) is 10.5 Å². The van der Waals surface area contributed by atoms with Crippen LogP contribution in [0.25, 0.3) is 0 Å². The normalized spacial score (nSPS) is 17.9. The van der Waals surface area contributed by atoms with Crippen LogP contribution in [0, 0.1) is 19.8 Å². The van der Waals surface area contributed by atoms with Crippen LogP contribution in [-0.4, -0.2) is 46.4 Å². The maximum Gasteiger partial charge on any atom is 0.408 e. The highest BCUT2D eigenvalue weighted by atomic mass is 16.6. The second-order valence-corrected chi connectivity index (χ2v) is 11.4. The number of para-hydroxylation sites is 1. The molecule has 1 aliphatic rings. The Hall–Kier alpha value is -3.88. The Balaban J connectivity index is 2.03. The van der Waals surface area contributed by atoms with Gasteiger partial charge in [-0.1, -0.05) is 55.0 Å². The van der Waals surface area contributed by atoms with Gasteiger partial charge in [-0.05, 0) is 70.6 Å². The van der Waals surface area contributed by atoms with Crippen LogP contribution in [0.15, 0.2) is 48.5 Å². The third kappa shape index (κ3) is 8.30. The van der Waals surface area contributed by atoms with Crippen LogP contribution in [0.1, 0.15) is 69.7 Å². The molecule has 0 heterocycles. The Bertz CT molecular complexity index is 1220. The molecule has 1 saturated carbocycles. The quantitative estimate of drug-likeness (QED) is 0.415. The molecule has 0 spiro atoms. The fourth-order valence-corrected chi connectivity index (χ4v) is 4.54. The zero-order valence-electron chi connectivity index (χ0n) is 23.6. The van der Waals surface area contributed by atoms with E-state index in [0.29, 0.717) is 17.7 Å². The standard InChI is InChI=1S/C30H40N4O5/c1-18-10-9-12-21(16-18)26(27(36)32-22-13-8-7-11-19(22)2)34(24-17-20(24)3)28(37)23(14-15-25(31)35)33-29(38)39-30(4,5)6/h7-13,16,20,23-24,26H,14-15,17H2,1-6H3,(H2,31,35)(H,32,36)(H,33,38). The highest BCUT2D eigenvalue weighted by Crippen LogP contribution is 2.41. The molecule has 1 aliphatic carbocycles. The van der Waals surface area contributed by atoms with E-state index in [1.807, 2.05) is 69.3 Å². The zero-order chi connectivity index (χ0) is 28.9. The van der Waals surface area contributed by atoms with E-state index in [0.717, 1.165) is 11.1 Å².